The molecular weight excluding hydrogens is 1470 g/mol. The Labute approximate surface area is 631 Å². The molecule has 1 aromatic heterocycles. The molecule has 5 atom stereocenters. The summed E-state index contributed by atoms with van der Waals surface area (Å²) in [5, 5.41) is 20.1. The van der Waals surface area contributed by atoms with Crippen LogP contribution in [0, 0.1) is 12.3 Å². The van der Waals surface area contributed by atoms with Gasteiger partial charge in [0, 0.05) is 98.3 Å². The Kier molecular flexibility index (Phi) is 28.0. The predicted molar refractivity (Wildman–Crippen MR) is 405 cm³/mol. The quantitative estimate of drug-likeness (QED) is 0.0179. The Morgan fingerprint density at radius 3 is 2.13 bits per heavy atom. The summed E-state index contributed by atoms with van der Waals surface area (Å²) < 4.78 is 114. The Bertz CT molecular complexity index is 4270. The molecule has 4 aliphatic heterocycles. The van der Waals surface area contributed by atoms with Crippen molar-refractivity contribution in [3.8, 4) is 10.4 Å². The van der Waals surface area contributed by atoms with Crippen LogP contribution in [0.15, 0.2) is 147 Å². The number of ketones is 1. The maximum Gasteiger partial charge on any atom is 0.501 e. The highest BCUT2D eigenvalue weighted by molar-refractivity contribution is 7.99. The number of aliphatic hydroxyl groups is 1. The van der Waals surface area contributed by atoms with E-state index in [1.165, 1.54) is 28.8 Å². The second-order valence-electron chi connectivity index (χ2n) is 28.2. The molecule has 4 N–H and O–H groups in total. The number of β-amino-alcohol motifs (C(OH)–C–C–N with tert-alkyl or cyclic N) is 1. The van der Waals surface area contributed by atoms with Gasteiger partial charge in [0.2, 0.25) is 17.7 Å². The molecule has 4 aliphatic rings. The van der Waals surface area contributed by atoms with Crippen molar-refractivity contribution in [3.63, 3.8) is 0 Å². The lowest BCUT2D eigenvalue weighted by molar-refractivity contribution is -0.144. The van der Waals surface area contributed by atoms with Crippen molar-refractivity contribution < 1.29 is 73.3 Å². The standard InChI is InChI=1S/C76H93ClF3N9O13S4/c1-51(53-14-16-56(17-15-53)70-52(2)81-50-104-70)82-72(93)66-42-61(90)46-89(66)73(94)71(75(3,4)5)84-69(92)47-101-39-38-100-40-41-102-74(95)88-33-29-64(54-18-22-58(77)23-19-54)57(45-88)44-86-34-36-87(37-35-86)60-24-20-55(21-25-60)67(91)49-105(96,97)63-26-27-65(68(43-63)106(98,99)76(78,79)80)83-59(28-32-85-30-10-7-11-31-85)48-103-62-12-8-6-9-13-62/h6,8-9,12-27,43,50-51,59,61,66,71,83,90H,7,10-11,28-42,44-49H2,1-5H3,(H,82,93)(H,84,92)/t51-,59+,61+,66-,71+/m0/s1. The van der Waals surface area contributed by atoms with Crippen LogP contribution in [0.1, 0.15) is 99.4 Å². The van der Waals surface area contributed by atoms with E-state index in [2.05, 4.69) is 35.6 Å². The topological polar surface area (TPSA) is 267 Å². The number of piperidine rings is 1. The van der Waals surface area contributed by atoms with Crippen molar-refractivity contribution in [1.29, 1.82) is 0 Å². The van der Waals surface area contributed by atoms with Crippen LogP contribution in [0.2, 0.25) is 5.02 Å². The zero-order valence-corrected chi connectivity index (χ0v) is 64.2. The lowest BCUT2D eigenvalue weighted by Crippen LogP contribution is -2.58. The van der Waals surface area contributed by atoms with E-state index >= 15 is 0 Å². The number of anilines is 2. The summed E-state index contributed by atoms with van der Waals surface area (Å²) in [5.74, 6) is -3.08. The van der Waals surface area contributed by atoms with Gasteiger partial charge in [-0.15, -0.1) is 23.1 Å². The van der Waals surface area contributed by atoms with Gasteiger partial charge >= 0.3 is 11.6 Å². The third kappa shape index (κ3) is 21.7. The Morgan fingerprint density at radius 1 is 0.783 bits per heavy atom. The van der Waals surface area contributed by atoms with Gasteiger partial charge in [0.15, 0.2) is 15.6 Å². The number of thiazole rings is 1. The van der Waals surface area contributed by atoms with Gasteiger partial charge in [-0.25, -0.2) is 26.6 Å². The molecule has 3 saturated heterocycles. The molecule has 30 heteroatoms. The van der Waals surface area contributed by atoms with Crippen molar-refractivity contribution in [3.05, 3.63) is 160 Å². The molecule has 3 fully saturated rings. The molecule has 0 aliphatic carbocycles. The van der Waals surface area contributed by atoms with Crippen molar-refractivity contribution in [2.24, 2.45) is 5.41 Å². The monoisotopic (exact) mass is 1560 g/mol. The van der Waals surface area contributed by atoms with E-state index in [0.29, 0.717) is 82.0 Å². The number of rotatable bonds is 31. The van der Waals surface area contributed by atoms with Crippen LogP contribution < -0.4 is 20.9 Å². The summed E-state index contributed by atoms with van der Waals surface area (Å²) in [6.45, 7) is 14.8. The fraction of sp³-hybridized carbons (Fsp3) is 0.474. The van der Waals surface area contributed by atoms with Crippen LogP contribution in [0.4, 0.5) is 29.3 Å². The molecule has 10 rings (SSSR count). The zero-order valence-electron chi connectivity index (χ0n) is 60.2. The van der Waals surface area contributed by atoms with E-state index in [0.717, 1.165) is 93.5 Å². The van der Waals surface area contributed by atoms with Gasteiger partial charge in [0.1, 0.15) is 35.9 Å². The number of likely N-dealkylation sites (tertiary alicyclic amines) is 2. The maximum atomic E-state index is 14.4. The van der Waals surface area contributed by atoms with Gasteiger partial charge in [-0.1, -0.05) is 93.4 Å². The molecule has 5 aromatic carbocycles. The van der Waals surface area contributed by atoms with Gasteiger partial charge in [0.05, 0.1) is 58.6 Å². The first-order valence-corrected chi connectivity index (χ1v) is 41.0. The van der Waals surface area contributed by atoms with E-state index in [-0.39, 0.29) is 45.0 Å². The van der Waals surface area contributed by atoms with Crippen molar-refractivity contribution in [2.75, 3.05) is 127 Å². The number of aliphatic hydroxyl groups excluding tert-OH is 1. The van der Waals surface area contributed by atoms with Gasteiger partial charge < -0.3 is 54.9 Å². The molecule has 106 heavy (non-hydrogen) atoms. The van der Waals surface area contributed by atoms with Gasteiger partial charge in [-0.3, -0.25) is 24.1 Å². The lowest BCUT2D eigenvalue weighted by Gasteiger charge is -2.38. The van der Waals surface area contributed by atoms with E-state index in [4.69, 9.17) is 25.8 Å². The minimum Gasteiger partial charge on any atom is -0.447 e. The first-order valence-electron chi connectivity index (χ1n) is 35.6. The number of sulfone groups is 2. The van der Waals surface area contributed by atoms with Crippen LogP contribution in [-0.2, 0) is 48.3 Å². The second kappa shape index (κ2) is 36.6. The average Bonchev–Trinajstić information content (AvgIpc) is 0.872. The number of alkyl halides is 3. The number of halogens is 4. The molecule has 22 nitrogen and oxygen atoms in total. The molecule has 572 valence electrons. The first-order chi connectivity index (χ1) is 50.5. The van der Waals surface area contributed by atoms with E-state index < -0.39 is 118 Å². The third-order valence-corrected chi connectivity index (χ3v) is 24.9. The third-order valence-electron chi connectivity index (χ3n) is 19.4. The summed E-state index contributed by atoms with van der Waals surface area (Å²) in [4.78, 5) is 82.5. The molecular formula is C76H93ClF3N9O13S4. The molecule has 0 unspecified atom stereocenters. The number of hydrogen-bond acceptors (Lipinski definition) is 20. The smallest absolute Gasteiger partial charge is 0.447 e. The number of nitrogens with one attached hydrogen (secondary N) is 3. The van der Waals surface area contributed by atoms with Crippen molar-refractivity contribution in [1.82, 2.24) is 35.2 Å². The highest BCUT2D eigenvalue weighted by Gasteiger charge is 2.49. The first kappa shape index (κ1) is 81.1. The number of nitrogens with zero attached hydrogens (tertiary/aromatic N) is 6. The lowest BCUT2D eigenvalue weighted by atomic mass is 9.85. The van der Waals surface area contributed by atoms with Crippen molar-refractivity contribution in [2.45, 2.75) is 124 Å². The fourth-order valence-electron chi connectivity index (χ4n) is 13.5. The normalized spacial score (nSPS) is 18.1. The summed E-state index contributed by atoms with van der Waals surface area (Å²) in [7, 11) is -10.8. The number of amides is 4. The minimum absolute atomic E-state index is 0.0143. The molecule has 4 amide bonds. The number of thioether (sulfide) groups is 1. The predicted octanol–water partition coefficient (Wildman–Crippen LogP) is 11.0. The SMILES string of the molecule is Cc1ncsc1-c1ccc([C@H](C)NC(=O)[C@@H]2C[C@@H](O)CN2C(=O)[C@@H](NC(=O)COCCOCCOC(=O)N2CCC(c3ccc(Cl)cc3)=C(CN3CCN(c4ccc(C(=O)CS(=O)(=O)c5ccc(N[C@H](CCN6CCCCC6)CSc6ccccc6)c(S(=O)(=O)C(F)(F)F)c5)cc4)CC3)C2)C(C)(C)C)cc1. The van der Waals surface area contributed by atoms with E-state index in [1.807, 2.05) is 92.7 Å². The number of ether oxygens (including phenoxy) is 3. The second-order valence-corrected chi connectivity index (χ2v) is 34.5. The number of aromatic nitrogens is 1. The van der Waals surface area contributed by atoms with Gasteiger partial charge in [-0.2, -0.15) is 13.2 Å². The minimum atomic E-state index is -6.08. The highest BCUT2D eigenvalue weighted by Crippen LogP contribution is 2.38. The highest BCUT2D eigenvalue weighted by atomic mass is 35.5. The summed E-state index contributed by atoms with van der Waals surface area (Å²) in [6, 6.07) is 30.8. The molecule has 0 radical (unpaired) electrons. The van der Waals surface area contributed by atoms with Crippen LogP contribution in [0.25, 0.3) is 16.0 Å². The number of carbonyl (C=O) groups is 5. The fourth-order valence-corrected chi connectivity index (χ4v) is 17.7. The molecule has 5 heterocycles. The molecule has 0 bridgehead atoms. The Balaban J connectivity index is 0.669. The number of hydrogen-bond donors (Lipinski definition) is 4. The molecule has 6 aromatic rings. The van der Waals surface area contributed by atoms with E-state index in [1.54, 1.807) is 54.7 Å². The largest absolute Gasteiger partial charge is 0.501 e. The number of Topliss-reactive ketones (excluding diaryl/α,β-unsaturated/α-hetero) is 1. The number of aryl methyl sites for hydroxylation is 1. The Morgan fingerprint density at radius 2 is 1.46 bits per heavy atom. The number of piperazine rings is 1. The number of carbonyl (C=O) groups excluding carboxylic acids is 5. The summed E-state index contributed by atoms with van der Waals surface area (Å²) in [6.07, 6.45) is 2.76. The van der Waals surface area contributed by atoms with Crippen LogP contribution >= 0.6 is 34.7 Å². The number of benzene rings is 5. The van der Waals surface area contributed by atoms with Crippen LogP contribution in [-0.4, -0.2) is 222 Å². The average molecular weight is 1560 g/mol. The molecule has 0 saturated carbocycles. The zero-order chi connectivity index (χ0) is 75.9. The maximum absolute atomic E-state index is 14.4. The van der Waals surface area contributed by atoms with Gasteiger partial charge in [0.25, 0.3) is 9.84 Å². The van der Waals surface area contributed by atoms with Crippen molar-refractivity contribution >= 4 is 101 Å². The summed E-state index contributed by atoms with van der Waals surface area (Å²) >= 11 is 9.30. The molecule has 0 spiro atoms. The van der Waals surface area contributed by atoms with Crippen LogP contribution in [0.5, 0.6) is 0 Å². The van der Waals surface area contributed by atoms with Crippen LogP contribution in [0.3, 0.4) is 0 Å². The Hall–Kier alpha value is -7.45. The summed E-state index contributed by atoms with van der Waals surface area (Å²) in [5.41, 5.74) is 1.56. The van der Waals surface area contributed by atoms with Gasteiger partial charge in [-0.05, 0) is 153 Å². The van der Waals surface area contributed by atoms with E-state index in [9.17, 15) is 59.1 Å².